The summed E-state index contributed by atoms with van der Waals surface area (Å²) in [6, 6.07) is 7.53. The van der Waals surface area contributed by atoms with Crippen molar-refractivity contribution in [1.82, 2.24) is 9.97 Å². The molecule has 0 atom stereocenters. The third-order valence-electron chi connectivity index (χ3n) is 2.63. The number of carboxylic acid groups (broad SMARTS) is 1. The number of anilines is 2. The van der Waals surface area contributed by atoms with E-state index in [1.165, 1.54) is 11.8 Å². The maximum Gasteiger partial charge on any atom is 1.00 e. The van der Waals surface area contributed by atoms with Crippen molar-refractivity contribution in [1.29, 1.82) is 0 Å². The Kier molecular flexibility index (Phi) is 5.05. The van der Waals surface area contributed by atoms with Crippen LogP contribution in [0.4, 0.5) is 11.5 Å². The first-order valence-electron chi connectivity index (χ1n) is 5.50. The molecule has 6 nitrogen and oxygen atoms in total. The molecule has 0 amide bonds. The summed E-state index contributed by atoms with van der Waals surface area (Å²) in [5.74, 6) is -0.868. The van der Waals surface area contributed by atoms with Crippen molar-refractivity contribution in [2.75, 3.05) is 5.32 Å². The van der Waals surface area contributed by atoms with E-state index in [9.17, 15) is 14.7 Å². The minimum atomic E-state index is -1.25. The Labute approximate surface area is 160 Å². The Morgan fingerprint density at radius 3 is 2.85 bits per heavy atom. The summed E-state index contributed by atoms with van der Waals surface area (Å²) >= 11 is 1.37. The van der Waals surface area contributed by atoms with Crippen molar-refractivity contribution >= 4 is 29.2 Å². The molecular formula is C12H8KN3O3S. The van der Waals surface area contributed by atoms with E-state index in [1.807, 2.05) is 24.3 Å². The van der Waals surface area contributed by atoms with E-state index in [0.717, 1.165) is 10.6 Å². The number of benzene rings is 1. The summed E-state index contributed by atoms with van der Waals surface area (Å²) in [4.78, 5) is 30.0. The van der Waals surface area contributed by atoms with E-state index in [0.29, 0.717) is 16.4 Å². The first-order chi connectivity index (χ1) is 9.13. The average Bonchev–Trinajstić information content (AvgIpc) is 2.36. The molecular weight excluding hydrogens is 305 g/mol. The average molecular weight is 313 g/mol. The molecule has 0 spiro atoms. The van der Waals surface area contributed by atoms with Crippen LogP contribution in [-0.2, 0) is 11.2 Å². The number of hydrogen-bond donors (Lipinski definition) is 2. The minimum absolute atomic E-state index is 0. The van der Waals surface area contributed by atoms with Crippen molar-refractivity contribution < 1.29 is 61.3 Å². The molecule has 0 radical (unpaired) electrons. The number of aliphatic carboxylic acids is 1. The zero-order chi connectivity index (χ0) is 13.4. The SMILES string of the molecule is O=C([O-])Cc1[nH]c(=O)nc2c1Sc1ccccc1N2.[K+]. The normalized spacial score (nSPS) is 11.6. The molecule has 0 fully saturated rings. The number of H-pyrrole nitrogens is 1. The first kappa shape index (κ1) is 15.7. The molecule has 1 aromatic heterocycles. The largest absolute Gasteiger partial charge is 1.00 e. The van der Waals surface area contributed by atoms with Crippen LogP contribution in [0.25, 0.3) is 0 Å². The van der Waals surface area contributed by atoms with Gasteiger partial charge in [0.1, 0.15) is 0 Å². The quantitative estimate of drug-likeness (QED) is 0.499. The van der Waals surface area contributed by atoms with Crippen molar-refractivity contribution in [2.24, 2.45) is 0 Å². The van der Waals surface area contributed by atoms with Crippen LogP contribution >= 0.6 is 11.8 Å². The third-order valence-corrected chi connectivity index (χ3v) is 3.85. The van der Waals surface area contributed by atoms with Gasteiger partial charge in [0.05, 0.1) is 10.6 Å². The van der Waals surface area contributed by atoms with Crippen LogP contribution in [0.15, 0.2) is 38.9 Å². The Balaban J connectivity index is 0.00000147. The fourth-order valence-electron chi connectivity index (χ4n) is 1.87. The Morgan fingerprint density at radius 2 is 2.10 bits per heavy atom. The summed E-state index contributed by atoms with van der Waals surface area (Å²) in [7, 11) is 0. The number of fused-ring (bicyclic) bond motifs is 2. The van der Waals surface area contributed by atoms with E-state index in [-0.39, 0.29) is 57.8 Å². The van der Waals surface area contributed by atoms with Crippen molar-refractivity contribution in [2.45, 2.75) is 16.2 Å². The molecule has 0 saturated carbocycles. The fourth-order valence-corrected chi connectivity index (χ4v) is 2.90. The molecule has 1 aliphatic heterocycles. The molecule has 1 aromatic carbocycles. The van der Waals surface area contributed by atoms with Gasteiger partial charge in [0.25, 0.3) is 0 Å². The number of aromatic nitrogens is 2. The van der Waals surface area contributed by atoms with Crippen LogP contribution in [-0.4, -0.2) is 15.9 Å². The molecule has 1 aliphatic rings. The fraction of sp³-hybridized carbons (Fsp3) is 0.0833. The Morgan fingerprint density at radius 1 is 1.35 bits per heavy atom. The van der Waals surface area contributed by atoms with Gasteiger partial charge in [-0.2, -0.15) is 4.98 Å². The molecule has 2 N–H and O–H groups in total. The van der Waals surface area contributed by atoms with Crippen LogP contribution in [0.2, 0.25) is 0 Å². The summed E-state index contributed by atoms with van der Waals surface area (Å²) in [5, 5.41) is 13.8. The minimum Gasteiger partial charge on any atom is -0.550 e. The van der Waals surface area contributed by atoms with E-state index in [1.54, 1.807) is 0 Å². The summed E-state index contributed by atoms with van der Waals surface area (Å²) in [6.45, 7) is 0. The maximum atomic E-state index is 11.4. The molecule has 96 valence electrons. The first-order valence-corrected chi connectivity index (χ1v) is 6.32. The predicted octanol–water partition coefficient (Wildman–Crippen LogP) is -2.73. The van der Waals surface area contributed by atoms with E-state index >= 15 is 0 Å². The summed E-state index contributed by atoms with van der Waals surface area (Å²) < 4.78 is 0. The standard InChI is InChI=1S/C12H9N3O3S.K/c16-9(17)5-7-10-11(15-12(18)14-7)13-6-3-1-2-4-8(6)19-10;/h1-4H,5H2,(H,16,17)(H2,13,14,15,18);/q;+1/p-1. The van der Waals surface area contributed by atoms with Crippen molar-refractivity contribution in [3.63, 3.8) is 0 Å². The van der Waals surface area contributed by atoms with Gasteiger partial charge in [0.15, 0.2) is 5.82 Å². The van der Waals surface area contributed by atoms with Crippen LogP contribution in [0.5, 0.6) is 0 Å². The molecule has 2 aromatic rings. The number of para-hydroxylation sites is 1. The smallest absolute Gasteiger partial charge is 0.550 e. The second-order valence-corrected chi connectivity index (χ2v) is 5.02. The van der Waals surface area contributed by atoms with Gasteiger partial charge in [0.2, 0.25) is 0 Å². The zero-order valence-corrected chi connectivity index (χ0v) is 14.5. The van der Waals surface area contributed by atoms with Crippen molar-refractivity contribution in [3.8, 4) is 0 Å². The van der Waals surface area contributed by atoms with Gasteiger partial charge in [-0.15, -0.1) is 0 Å². The van der Waals surface area contributed by atoms with Crippen LogP contribution < -0.4 is 67.5 Å². The second-order valence-electron chi connectivity index (χ2n) is 3.97. The van der Waals surface area contributed by atoms with Gasteiger partial charge in [0, 0.05) is 23.0 Å². The van der Waals surface area contributed by atoms with Gasteiger partial charge in [-0.25, -0.2) is 4.79 Å². The Hall–Kier alpha value is -0.644. The number of hydrogen-bond acceptors (Lipinski definition) is 6. The van der Waals surface area contributed by atoms with E-state index in [2.05, 4.69) is 15.3 Å². The van der Waals surface area contributed by atoms with Gasteiger partial charge in [-0.05, 0) is 12.1 Å². The summed E-state index contributed by atoms with van der Waals surface area (Å²) in [5.41, 5.74) is 0.571. The third kappa shape index (κ3) is 3.16. The zero-order valence-electron chi connectivity index (χ0n) is 10.6. The number of carbonyl (C=O) groups is 1. The Bertz CT molecular complexity index is 732. The van der Waals surface area contributed by atoms with Crippen LogP contribution in [0.3, 0.4) is 0 Å². The van der Waals surface area contributed by atoms with Gasteiger partial charge in [-0.1, -0.05) is 23.9 Å². The van der Waals surface area contributed by atoms with Crippen LogP contribution in [0.1, 0.15) is 5.69 Å². The number of aromatic amines is 1. The topological polar surface area (TPSA) is 97.9 Å². The molecule has 0 bridgehead atoms. The predicted molar refractivity (Wildman–Crippen MR) is 67.4 cm³/mol. The van der Waals surface area contributed by atoms with Crippen molar-refractivity contribution in [3.05, 3.63) is 40.4 Å². The second kappa shape index (κ2) is 6.42. The summed E-state index contributed by atoms with van der Waals surface area (Å²) in [6.07, 6.45) is -0.350. The van der Waals surface area contributed by atoms with Gasteiger partial charge < -0.3 is 20.2 Å². The van der Waals surface area contributed by atoms with Crippen LogP contribution in [0, 0.1) is 0 Å². The molecule has 3 rings (SSSR count). The number of carboxylic acids is 1. The molecule has 20 heavy (non-hydrogen) atoms. The molecule has 0 unspecified atom stereocenters. The monoisotopic (exact) mass is 313 g/mol. The molecule has 0 saturated heterocycles. The van der Waals surface area contributed by atoms with E-state index < -0.39 is 11.7 Å². The number of rotatable bonds is 2. The maximum absolute atomic E-state index is 11.4. The van der Waals surface area contributed by atoms with Gasteiger partial charge in [-0.3, -0.25) is 0 Å². The molecule has 8 heteroatoms. The molecule has 0 aliphatic carbocycles. The number of nitrogens with zero attached hydrogens (tertiary/aromatic N) is 1. The number of carbonyl (C=O) groups excluding carboxylic acids is 1. The number of nitrogens with one attached hydrogen (secondary N) is 2. The molecule has 2 heterocycles. The van der Waals surface area contributed by atoms with E-state index in [4.69, 9.17) is 0 Å². The van der Waals surface area contributed by atoms with Gasteiger partial charge >= 0.3 is 57.1 Å².